The number of halogens is 1. The molecule has 5 atom stereocenters. The highest BCUT2D eigenvalue weighted by Gasteiger charge is 2.41. The van der Waals surface area contributed by atoms with Gasteiger partial charge in [-0.05, 0) is 66.8 Å². The van der Waals surface area contributed by atoms with Gasteiger partial charge in [-0.1, -0.05) is 62.6 Å². The van der Waals surface area contributed by atoms with E-state index in [1.54, 1.807) is 18.2 Å². The van der Waals surface area contributed by atoms with Gasteiger partial charge < -0.3 is 15.3 Å². The summed E-state index contributed by atoms with van der Waals surface area (Å²) >= 11 is 6.64. The summed E-state index contributed by atoms with van der Waals surface area (Å²) in [7, 11) is 0. The molecule has 0 heterocycles. The van der Waals surface area contributed by atoms with E-state index in [1.165, 1.54) is 0 Å². The summed E-state index contributed by atoms with van der Waals surface area (Å²) in [5, 5.41) is 30.2. The monoisotopic (exact) mass is 458 g/mol. The molecule has 2 aromatic rings. The number of alkyl halides is 1. The highest BCUT2D eigenvalue weighted by molar-refractivity contribution is 6.21. The Labute approximate surface area is 196 Å². The number of unbranched alkanes of at least 4 members (excludes halogenated alkanes) is 2. The number of benzene rings is 2. The van der Waals surface area contributed by atoms with Gasteiger partial charge in [0.25, 0.3) is 0 Å². The van der Waals surface area contributed by atoms with Crippen LogP contribution in [0, 0.1) is 5.92 Å². The third-order valence-corrected chi connectivity index (χ3v) is 7.27. The predicted octanol–water partition coefficient (Wildman–Crippen LogP) is 6.09. The maximum atomic E-state index is 11.2. The quantitative estimate of drug-likeness (QED) is 0.281. The summed E-state index contributed by atoms with van der Waals surface area (Å²) in [6, 6.07) is 15.1. The number of aromatic carboxylic acids is 1. The number of carboxylic acid groups (broad SMARTS) is 1. The second kappa shape index (κ2) is 11.8. The molecule has 32 heavy (non-hydrogen) atoms. The van der Waals surface area contributed by atoms with Crippen LogP contribution in [0.5, 0.6) is 0 Å². The van der Waals surface area contributed by atoms with Gasteiger partial charge in [0.15, 0.2) is 0 Å². The van der Waals surface area contributed by atoms with Crippen molar-refractivity contribution < 1.29 is 20.1 Å². The Kier molecular flexibility index (Phi) is 9.15. The van der Waals surface area contributed by atoms with E-state index in [-0.39, 0.29) is 17.2 Å². The maximum absolute atomic E-state index is 11.2. The molecular weight excluding hydrogens is 424 g/mol. The molecule has 0 spiro atoms. The average molecular weight is 459 g/mol. The average Bonchev–Trinajstić information content (AvgIpc) is 3.07. The molecule has 2 aromatic carbocycles. The van der Waals surface area contributed by atoms with Crippen LogP contribution >= 0.6 is 11.6 Å². The highest BCUT2D eigenvalue weighted by atomic mass is 35.5. The maximum Gasteiger partial charge on any atom is 0.335 e. The number of rotatable bonds is 11. The molecule has 1 aliphatic carbocycles. The minimum atomic E-state index is -0.911. The van der Waals surface area contributed by atoms with Crippen molar-refractivity contribution in [3.8, 4) is 0 Å². The SMILES string of the molecule is CCCCCC(O)c1ccc([C@@H]2[C@@H](CCCc3cccc(C(=O)O)c3)[C@H](Cl)C[C@H]2O)cc1. The van der Waals surface area contributed by atoms with Crippen LogP contribution in [0.3, 0.4) is 0 Å². The zero-order valence-electron chi connectivity index (χ0n) is 18.8. The molecule has 4 nitrogen and oxygen atoms in total. The smallest absolute Gasteiger partial charge is 0.335 e. The lowest BCUT2D eigenvalue weighted by molar-refractivity contribution is 0.0696. The minimum Gasteiger partial charge on any atom is -0.478 e. The zero-order chi connectivity index (χ0) is 23.1. The van der Waals surface area contributed by atoms with Crippen molar-refractivity contribution in [1.82, 2.24) is 0 Å². The van der Waals surface area contributed by atoms with E-state index in [1.807, 2.05) is 30.3 Å². The van der Waals surface area contributed by atoms with E-state index in [9.17, 15) is 20.1 Å². The fourth-order valence-corrected chi connectivity index (χ4v) is 5.45. The van der Waals surface area contributed by atoms with Crippen molar-refractivity contribution in [2.24, 2.45) is 5.92 Å². The number of aliphatic hydroxyl groups is 2. The van der Waals surface area contributed by atoms with Crippen LogP contribution in [0.2, 0.25) is 0 Å². The Morgan fingerprint density at radius 1 is 1.12 bits per heavy atom. The van der Waals surface area contributed by atoms with Crippen LogP contribution in [0.25, 0.3) is 0 Å². The van der Waals surface area contributed by atoms with E-state index >= 15 is 0 Å². The number of hydrogen-bond acceptors (Lipinski definition) is 3. The van der Waals surface area contributed by atoms with Gasteiger partial charge in [-0.2, -0.15) is 0 Å². The summed E-state index contributed by atoms with van der Waals surface area (Å²) in [4.78, 5) is 11.2. The van der Waals surface area contributed by atoms with Crippen LogP contribution in [0.4, 0.5) is 0 Å². The first-order valence-corrected chi connectivity index (χ1v) is 12.3. The molecule has 1 aliphatic rings. The normalized spacial score (nSPS) is 23.9. The van der Waals surface area contributed by atoms with Crippen molar-refractivity contribution in [3.63, 3.8) is 0 Å². The first-order valence-electron chi connectivity index (χ1n) is 11.8. The zero-order valence-corrected chi connectivity index (χ0v) is 19.5. The van der Waals surface area contributed by atoms with Crippen LogP contribution in [0.1, 0.15) is 90.9 Å². The fraction of sp³-hybridized carbons (Fsp3) is 0.519. The van der Waals surface area contributed by atoms with Gasteiger partial charge in [0.05, 0.1) is 17.8 Å². The molecule has 174 valence electrons. The second-order valence-electron chi connectivity index (χ2n) is 9.08. The first kappa shape index (κ1) is 24.8. The lowest BCUT2D eigenvalue weighted by Gasteiger charge is -2.24. The molecule has 0 amide bonds. The second-order valence-corrected chi connectivity index (χ2v) is 9.65. The summed E-state index contributed by atoms with van der Waals surface area (Å²) in [5.41, 5.74) is 3.31. The minimum absolute atomic E-state index is 0.0193. The fourth-order valence-electron chi connectivity index (χ4n) is 4.99. The molecule has 5 heteroatoms. The van der Waals surface area contributed by atoms with Gasteiger partial charge >= 0.3 is 5.97 Å². The Hall–Kier alpha value is -1.88. The van der Waals surface area contributed by atoms with Gasteiger partial charge in [0, 0.05) is 11.3 Å². The molecule has 0 aliphatic heterocycles. The molecule has 0 bridgehead atoms. The number of carbonyl (C=O) groups is 1. The van der Waals surface area contributed by atoms with E-state index in [2.05, 4.69) is 6.92 Å². The largest absolute Gasteiger partial charge is 0.478 e. The Balaban J connectivity index is 1.62. The Bertz CT molecular complexity index is 866. The molecule has 3 rings (SSSR count). The number of hydrogen-bond donors (Lipinski definition) is 3. The third kappa shape index (κ3) is 6.34. The van der Waals surface area contributed by atoms with E-state index in [0.29, 0.717) is 12.0 Å². The summed E-state index contributed by atoms with van der Waals surface area (Å²) in [6.07, 6.45) is 6.25. The molecule has 1 fully saturated rings. The molecular formula is C27H35ClO4. The standard InChI is InChI=1S/C27H35ClO4/c1-2-3-4-11-24(29)19-12-14-20(15-13-19)26-22(23(28)17-25(26)30)10-6-8-18-7-5-9-21(16-18)27(31)32/h5,7,9,12-16,22-26,29-30H,2-4,6,8,10-11,17H2,1H3,(H,31,32)/t22-,23+,24?,25+,26+/m0/s1. The summed E-state index contributed by atoms with van der Waals surface area (Å²) < 4.78 is 0. The van der Waals surface area contributed by atoms with Gasteiger partial charge in [-0.3, -0.25) is 0 Å². The molecule has 1 saturated carbocycles. The van der Waals surface area contributed by atoms with Crippen LogP contribution < -0.4 is 0 Å². The first-order chi connectivity index (χ1) is 15.4. The molecule has 0 radical (unpaired) electrons. The lowest BCUT2D eigenvalue weighted by atomic mass is 9.83. The highest BCUT2D eigenvalue weighted by Crippen LogP contribution is 2.45. The van der Waals surface area contributed by atoms with Crippen molar-refractivity contribution in [1.29, 1.82) is 0 Å². The van der Waals surface area contributed by atoms with E-state index < -0.39 is 18.2 Å². The van der Waals surface area contributed by atoms with Crippen molar-refractivity contribution in [3.05, 3.63) is 70.8 Å². The number of carboxylic acids is 1. The third-order valence-electron chi connectivity index (χ3n) is 6.77. The summed E-state index contributed by atoms with van der Waals surface area (Å²) in [6.45, 7) is 2.15. The van der Waals surface area contributed by atoms with Crippen molar-refractivity contribution >= 4 is 17.6 Å². The van der Waals surface area contributed by atoms with Crippen LogP contribution in [0.15, 0.2) is 48.5 Å². The lowest BCUT2D eigenvalue weighted by Crippen LogP contribution is -2.19. The van der Waals surface area contributed by atoms with Crippen LogP contribution in [-0.4, -0.2) is 32.8 Å². The van der Waals surface area contributed by atoms with Gasteiger partial charge in [0.2, 0.25) is 0 Å². The van der Waals surface area contributed by atoms with Crippen LogP contribution in [-0.2, 0) is 6.42 Å². The van der Waals surface area contributed by atoms with Crippen molar-refractivity contribution in [2.75, 3.05) is 0 Å². The number of aliphatic hydroxyl groups excluding tert-OH is 2. The summed E-state index contributed by atoms with van der Waals surface area (Å²) in [5.74, 6) is -0.769. The molecule has 1 unspecified atom stereocenters. The number of aryl methyl sites for hydroxylation is 1. The predicted molar refractivity (Wildman–Crippen MR) is 128 cm³/mol. The van der Waals surface area contributed by atoms with Crippen molar-refractivity contribution in [2.45, 2.75) is 81.8 Å². The van der Waals surface area contributed by atoms with Gasteiger partial charge in [0.1, 0.15) is 0 Å². The van der Waals surface area contributed by atoms with Gasteiger partial charge in [-0.25, -0.2) is 4.79 Å². The van der Waals surface area contributed by atoms with Gasteiger partial charge in [-0.15, -0.1) is 11.6 Å². The van der Waals surface area contributed by atoms with E-state index in [0.717, 1.165) is 61.6 Å². The Morgan fingerprint density at radius 3 is 2.56 bits per heavy atom. The Morgan fingerprint density at radius 2 is 1.88 bits per heavy atom. The molecule has 3 N–H and O–H groups in total. The molecule has 0 saturated heterocycles. The van der Waals surface area contributed by atoms with E-state index in [4.69, 9.17) is 11.6 Å². The topological polar surface area (TPSA) is 77.8 Å². The molecule has 0 aromatic heterocycles.